The molecule has 1 saturated heterocycles. The minimum Gasteiger partial charge on any atom is -0.336 e. The summed E-state index contributed by atoms with van der Waals surface area (Å²) in [6.45, 7) is 3.32. The Kier molecular flexibility index (Phi) is 3.68. The molecule has 17 heavy (non-hydrogen) atoms. The zero-order chi connectivity index (χ0) is 12.1. The van der Waals surface area contributed by atoms with E-state index in [-0.39, 0.29) is 5.91 Å². The van der Waals surface area contributed by atoms with E-state index in [9.17, 15) is 4.79 Å². The Bertz CT molecular complexity index is 418. The Balaban J connectivity index is 1.93. The molecule has 2 heterocycles. The number of hydrogen-bond acceptors (Lipinski definition) is 4. The predicted molar refractivity (Wildman–Crippen MR) is 62.2 cm³/mol. The second-order valence-corrected chi connectivity index (χ2v) is 3.97. The van der Waals surface area contributed by atoms with Gasteiger partial charge in [0.2, 0.25) is 0 Å². The molecule has 1 aliphatic heterocycles. The molecule has 1 amide bonds. The van der Waals surface area contributed by atoms with Gasteiger partial charge >= 0.3 is 0 Å². The lowest BCUT2D eigenvalue weighted by Gasteiger charge is -2.33. The maximum atomic E-state index is 12.1. The quantitative estimate of drug-likeness (QED) is 0.688. The first-order chi connectivity index (χ1) is 8.31. The van der Waals surface area contributed by atoms with E-state index in [1.54, 1.807) is 24.5 Å². The van der Waals surface area contributed by atoms with Gasteiger partial charge in [-0.1, -0.05) is 0 Å². The van der Waals surface area contributed by atoms with Crippen molar-refractivity contribution in [2.24, 2.45) is 0 Å². The molecule has 0 bridgehead atoms. The molecule has 0 aromatic carbocycles. The van der Waals surface area contributed by atoms with E-state index in [2.05, 4.69) is 11.1 Å². The normalized spacial score (nSPS) is 16.5. The van der Waals surface area contributed by atoms with Gasteiger partial charge in [-0.15, -0.1) is 0 Å². The van der Waals surface area contributed by atoms with Crippen molar-refractivity contribution < 1.29 is 4.79 Å². The van der Waals surface area contributed by atoms with Crippen LogP contribution in [0, 0.1) is 11.3 Å². The lowest BCUT2D eigenvalue weighted by Crippen LogP contribution is -2.48. The number of piperazine rings is 1. The van der Waals surface area contributed by atoms with E-state index in [1.165, 1.54) is 0 Å². The van der Waals surface area contributed by atoms with Crippen molar-refractivity contribution in [1.29, 1.82) is 5.26 Å². The second kappa shape index (κ2) is 5.41. The zero-order valence-electron chi connectivity index (χ0n) is 9.54. The first-order valence-electron chi connectivity index (χ1n) is 5.60. The van der Waals surface area contributed by atoms with Crippen LogP contribution in [0.4, 0.5) is 0 Å². The molecule has 5 nitrogen and oxygen atoms in total. The molecule has 1 aromatic rings. The molecule has 1 fully saturated rings. The van der Waals surface area contributed by atoms with Gasteiger partial charge in [-0.3, -0.25) is 14.7 Å². The van der Waals surface area contributed by atoms with Crippen LogP contribution in [0.25, 0.3) is 0 Å². The molecule has 0 N–H and O–H groups in total. The summed E-state index contributed by atoms with van der Waals surface area (Å²) in [4.78, 5) is 19.9. The van der Waals surface area contributed by atoms with Crippen LogP contribution in [0.1, 0.15) is 10.4 Å². The molecule has 2 rings (SSSR count). The van der Waals surface area contributed by atoms with Crippen molar-refractivity contribution in [1.82, 2.24) is 14.8 Å². The Labute approximate surface area is 100 Å². The van der Waals surface area contributed by atoms with Crippen molar-refractivity contribution in [3.8, 4) is 6.07 Å². The molecule has 5 heteroatoms. The van der Waals surface area contributed by atoms with Gasteiger partial charge in [-0.05, 0) is 12.1 Å². The van der Waals surface area contributed by atoms with Crippen LogP contribution in [0.5, 0.6) is 0 Å². The monoisotopic (exact) mass is 230 g/mol. The van der Waals surface area contributed by atoms with Crippen molar-refractivity contribution >= 4 is 5.91 Å². The van der Waals surface area contributed by atoms with Crippen molar-refractivity contribution in [3.05, 3.63) is 30.1 Å². The van der Waals surface area contributed by atoms with Gasteiger partial charge in [-0.25, -0.2) is 0 Å². The first kappa shape index (κ1) is 11.6. The maximum Gasteiger partial charge on any atom is 0.255 e. The summed E-state index contributed by atoms with van der Waals surface area (Å²) in [6, 6.07) is 5.66. The number of carbonyl (C=O) groups is 1. The molecule has 0 aliphatic carbocycles. The van der Waals surface area contributed by atoms with E-state index in [0.717, 1.165) is 13.1 Å². The van der Waals surface area contributed by atoms with Crippen LogP contribution in [-0.4, -0.2) is 53.4 Å². The Morgan fingerprint density at radius 2 is 2.18 bits per heavy atom. The number of rotatable bonds is 2. The average molecular weight is 230 g/mol. The maximum absolute atomic E-state index is 12.1. The van der Waals surface area contributed by atoms with E-state index in [0.29, 0.717) is 25.2 Å². The van der Waals surface area contributed by atoms with E-state index >= 15 is 0 Å². The van der Waals surface area contributed by atoms with Gasteiger partial charge in [0.15, 0.2) is 0 Å². The van der Waals surface area contributed by atoms with Crippen molar-refractivity contribution in [2.75, 3.05) is 32.7 Å². The van der Waals surface area contributed by atoms with Gasteiger partial charge in [0.1, 0.15) is 0 Å². The highest BCUT2D eigenvalue weighted by atomic mass is 16.2. The summed E-state index contributed by atoms with van der Waals surface area (Å²) in [5.74, 6) is 0.0229. The predicted octanol–water partition coefficient (Wildman–Crippen LogP) is 0.363. The fourth-order valence-electron chi connectivity index (χ4n) is 1.88. The van der Waals surface area contributed by atoms with Crippen LogP contribution in [0.3, 0.4) is 0 Å². The summed E-state index contributed by atoms with van der Waals surface area (Å²) in [7, 11) is 0. The van der Waals surface area contributed by atoms with Crippen LogP contribution in [0.15, 0.2) is 24.5 Å². The number of pyridine rings is 1. The minimum atomic E-state index is 0.0229. The summed E-state index contributed by atoms with van der Waals surface area (Å²) in [6.07, 6.45) is 3.24. The molecule has 1 aliphatic rings. The highest BCUT2D eigenvalue weighted by molar-refractivity contribution is 5.93. The lowest BCUT2D eigenvalue weighted by atomic mass is 10.2. The fraction of sp³-hybridized carbons (Fsp3) is 0.417. The first-order valence-corrected chi connectivity index (χ1v) is 5.60. The third-order valence-electron chi connectivity index (χ3n) is 2.86. The van der Waals surface area contributed by atoms with E-state index in [1.807, 2.05) is 9.80 Å². The van der Waals surface area contributed by atoms with Crippen LogP contribution < -0.4 is 0 Å². The van der Waals surface area contributed by atoms with Gasteiger partial charge in [0.05, 0.1) is 18.2 Å². The molecule has 0 atom stereocenters. The molecule has 0 radical (unpaired) electrons. The SMILES string of the molecule is N#CCN1CCN(C(=O)c2cccnc2)CC1. The number of hydrogen-bond donors (Lipinski definition) is 0. The van der Waals surface area contributed by atoms with E-state index in [4.69, 9.17) is 5.26 Å². The number of nitriles is 1. The Hall–Kier alpha value is -1.93. The second-order valence-electron chi connectivity index (χ2n) is 3.97. The molecule has 0 saturated carbocycles. The molecule has 0 unspecified atom stereocenters. The topological polar surface area (TPSA) is 60.2 Å². The third-order valence-corrected chi connectivity index (χ3v) is 2.86. The highest BCUT2D eigenvalue weighted by Gasteiger charge is 2.21. The van der Waals surface area contributed by atoms with Gasteiger partial charge in [-0.2, -0.15) is 5.26 Å². The summed E-state index contributed by atoms with van der Waals surface area (Å²) in [5, 5.41) is 8.59. The smallest absolute Gasteiger partial charge is 0.255 e. The van der Waals surface area contributed by atoms with Gasteiger partial charge in [0.25, 0.3) is 5.91 Å². The number of amides is 1. The highest BCUT2D eigenvalue weighted by Crippen LogP contribution is 2.07. The molecular weight excluding hydrogens is 216 g/mol. The number of nitrogens with zero attached hydrogens (tertiary/aromatic N) is 4. The number of carbonyl (C=O) groups excluding carboxylic acids is 1. The van der Waals surface area contributed by atoms with Crippen LogP contribution in [0.2, 0.25) is 0 Å². The largest absolute Gasteiger partial charge is 0.336 e. The minimum absolute atomic E-state index is 0.0229. The molecule has 0 spiro atoms. The fourth-order valence-corrected chi connectivity index (χ4v) is 1.88. The summed E-state index contributed by atoms with van der Waals surface area (Å²) in [5.41, 5.74) is 0.626. The van der Waals surface area contributed by atoms with Gasteiger partial charge in [0, 0.05) is 38.6 Å². The van der Waals surface area contributed by atoms with E-state index < -0.39 is 0 Å². The Morgan fingerprint density at radius 1 is 1.41 bits per heavy atom. The van der Waals surface area contributed by atoms with Gasteiger partial charge < -0.3 is 4.90 Å². The summed E-state index contributed by atoms with van der Waals surface area (Å²) >= 11 is 0. The third kappa shape index (κ3) is 2.80. The molecule has 88 valence electrons. The lowest BCUT2D eigenvalue weighted by molar-refractivity contribution is 0.0651. The van der Waals surface area contributed by atoms with Crippen LogP contribution >= 0.6 is 0 Å². The van der Waals surface area contributed by atoms with Crippen LogP contribution in [-0.2, 0) is 0 Å². The molecule has 1 aromatic heterocycles. The molecular formula is C12H14N4O. The van der Waals surface area contributed by atoms with Crippen molar-refractivity contribution in [3.63, 3.8) is 0 Å². The van der Waals surface area contributed by atoms with Crippen molar-refractivity contribution in [2.45, 2.75) is 0 Å². The average Bonchev–Trinajstić information content (AvgIpc) is 2.40. The summed E-state index contributed by atoms with van der Waals surface area (Å²) < 4.78 is 0. The zero-order valence-corrected chi connectivity index (χ0v) is 9.54. The Morgan fingerprint density at radius 3 is 2.76 bits per heavy atom. The number of aromatic nitrogens is 1. The standard InChI is InChI=1S/C12H14N4O/c13-3-5-15-6-8-16(9-7-15)12(17)11-2-1-4-14-10-11/h1-2,4,10H,5-9H2.